The summed E-state index contributed by atoms with van der Waals surface area (Å²) >= 11 is 0. The Morgan fingerprint density at radius 3 is 2.40 bits per heavy atom. The largest absolute Gasteiger partial charge is 0.373 e. The number of nitrogens with one attached hydrogen (secondary N) is 1. The monoisotopic (exact) mass is 283 g/mol. The fraction of sp³-hybridized carbons (Fsp3) is 0.867. The van der Waals surface area contributed by atoms with Gasteiger partial charge in [0.15, 0.2) is 0 Å². The number of hydrogen-bond acceptors (Lipinski definition) is 5. The summed E-state index contributed by atoms with van der Waals surface area (Å²) in [5.74, 6) is 1.56. The zero-order valence-electron chi connectivity index (χ0n) is 13.9. The second kappa shape index (κ2) is 7.18. The zero-order valence-corrected chi connectivity index (χ0v) is 13.9. The Morgan fingerprint density at radius 1 is 1.30 bits per heavy atom. The molecule has 0 fully saturated rings. The lowest BCUT2D eigenvalue weighted by Gasteiger charge is -2.26. The molecule has 0 saturated carbocycles. The number of rotatable bonds is 7. The lowest BCUT2D eigenvalue weighted by Crippen LogP contribution is -2.32. The summed E-state index contributed by atoms with van der Waals surface area (Å²) in [6.45, 7) is 13.6. The SMILES string of the molecule is CCNC(C)C(CC)c1nc(C(OC)C(C)(C)C)no1. The van der Waals surface area contributed by atoms with Gasteiger partial charge in [-0.05, 0) is 25.3 Å². The van der Waals surface area contributed by atoms with Crippen molar-refractivity contribution in [2.75, 3.05) is 13.7 Å². The van der Waals surface area contributed by atoms with Crippen LogP contribution in [0.5, 0.6) is 0 Å². The first-order valence-corrected chi connectivity index (χ1v) is 7.44. The van der Waals surface area contributed by atoms with Crippen molar-refractivity contribution in [3.63, 3.8) is 0 Å². The van der Waals surface area contributed by atoms with E-state index >= 15 is 0 Å². The predicted molar refractivity (Wildman–Crippen MR) is 79.7 cm³/mol. The lowest BCUT2D eigenvalue weighted by atomic mass is 9.88. The summed E-state index contributed by atoms with van der Waals surface area (Å²) in [6.07, 6.45) is 0.801. The molecule has 0 aliphatic carbocycles. The molecule has 0 radical (unpaired) electrons. The Balaban J connectivity index is 2.94. The van der Waals surface area contributed by atoms with Gasteiger partial charge in [0.05, 0.1) is 5.92 Å². The molecule has 0 bridgehead atoms. The fourth-order valence-electron chi connectivity index (χ4n) is 2.56. The van der Waals surface area contributed by atoms with E-state index in [4.69, 9.17) is 9.26 Å². The summed E-state index contributed by atoms with van der Waals surface area (Å²) < 4.78 is 11.0. The van der Waals surface area contributed by atoms with Crippen molar-refractivity contribution in [3.05, 3.63) is 11.7 Å². The maximum Gasteiger partial charge on any atom is 0.231 e. The second-order valence-corrected chi connectivity index (χ2v) is 6.33. The maximum atomic E-state index is 5.53. The van der Waals surface area contributed by atoms with Crippen LogP contribution in [0.2, 0.25) is 0 Å². The first-order chi connectivity index (χ1) is 9.35. The van der Waals surface area contributed by atoms with Crippen LogP contribution in [-0.4, -0.2) is 29.8 Å². The van der Waals surface area contributed by atoms with Gasteiger partial charge in [-0.3, -0.25) is 0 Å². The van der Waals surface area contributed by atoms with Gasteiger partial charge in [-0.1, -0.05) is 39.8 Å². The highest BCUT2D eigenvalue weighted by Crippen LogP contribution is 2.34. The highest BCUT2D eigenvalue weighted by Gasteiger charge is 2.32. The molecule has 3 atom stereocenters. The van der Waals surface area contributed by atoms with E-state index in [9.17, 15) is 0 Å². The van der Waals surface area contributed by atoms with Gasteiger partial charge in [0.25, 0.3) is 0 Å². The van der Waals surface area contributed by atoms with Crippen molar-refractivity contribution >= 4 is 0 Å². The highest BCUT2D eigenvalue weighted by atomic mass is 16.5. The maximum absolute atomic E-state index is 5.53. The predicted octanol–water partition coefficient (Wildman–Crippen LogP) is 3.29. The molecule has 0 amide bonds. The Morgan fingerprint density at radius 2 is 1.95 bits per heavy atom. The van der Waals surface area contributed by atoms with Crippen molar-refractivity contribution in [2.24, 2.45) is 5.41 Å². The molecule has 0 aromatic carbocycles. The van der Waals surface area contributed by atoms with Crippen LogP contribution in [-0.2, 0) is 4.74 Å². The topological polar surface area (TPSA) is 60.2 Å². The first kappa shape index (κ1) is 17.1. The van der Waals surface area contributed by atoms with Crippen molar-refractivity contribution in [2.45, 2.75) is 66.0 Å². The van der Waals surface area contributed by atoms with E-state index in [-0.39, 0.29) is 17.4 Å². The van der Waals surface area contributed by atoms with Gasteiger partial charge in [-0.2, -0.15) is 4.98 Å². The minimum atomic E-state index is -0.160. The minimum Gasteiger partial charge on any atom is -0.373 e. The third-order valence-corrected chi connectivity index (χ3v) is 3.60. The quantitative estimate of drug-likeness (QED) is 0.832. The van der Waals surface area contributed by atoms with Gasteiger partial charge in [0.2, 0.25) is 11.7 Å². The van der Waals surface area contributed by atoms with Crippen molar-refractivity contribution in [1.82, 2.24) is 15.5 Å². The Bertz CT molecular complexity index is 398. The van der Waals surface area contributed by atoms with Gasteiger partial charge < -0.3 is 14.6 Å². The molecular formula is C15H29N3O2. The van der Waals surface area contributed by atoms with Gasteiger partial charge in [-0.25, -0.2) is 0 Å². The lowest BCUT2D eigenvalue weighted by molar-refractivity contribution is 0.00718. The van der Waals surface area contributed by atoms with Crippen molar-refractivity contribution < 1.29 is 9.26 Å². The molecule has 1 aromatic rings. The molecule has 20 heavy (non-hydrogen) atoms. The van der Waals surface area contributed by atoms with Crippen LogP contribution in [0.1, 0.15) is 71.7 Å². The summed E-state index contributed by atoms with van der Waals surface area (Å²) in [6, 6.07) is 0.314. The molecule has 5 nitrogen and oxygen atoms in total. The molecular weight excluding hydrogens is 254 g/mol. The van der Waals surface area contributed by atoms with Gasteiger partial charge >= 0.3 is 0 Å². The molecule has 116 valence electrons. The average molecular weight is 283 g/mol. The summed E-state index contributed by atoms with van der Waals surface area (Å²) in [5, 5.41) is 7.54. The summed E-state index contributed by atoms with van der Waals surface area (Å²) in [5.41, 5.74) is -0.0646. The van der Waals surface area contributed by atoms with E-state index in [2.05, 4.69) is 57.0 Å². The average Bonchev–Trinajstić information content (AvgIpc) is 2.78. The van der Waals surface area contributed by atoms with Crippen LogP contribution in [0, 0.1) is 5.41 Å². The molecule has 0 spiro atoms. The van der Waals surface area contributed by atoms with Crippen molar-refractivity contribution in [1.29, 1.82) is 0 Å². The van der Waals surface area contributed by atoms with E-state index in [1.54, 1.807) is 7.11 Å². The third-order valence-electron chi connectivity index (χ3n) is 3.60. The summed E-state index contributed by atoms with van der Waals surface area (Å²) in [7, 11) is 1.69. The zero-order chi connectivity index (χ0) is 15.3. The van der Waals surface area contributed by atoms with Crippen LogP contribution in [0.25, 0.3) is 0 Å². The number of methoxy groups -OCH3 is 1. The fourth-order valence-corrected chi connectivity index (χ4v) is 2.56. The van der Waals surface area contributed by atoms with E-state index in [1.807, 2.05) is 0 Å². The standard InChI is InChI=1S/C15H29N3O2/c1-8-11(10(3)16-9-2)14-17-13(18-20-14)12(19-7)15(4,5)6/h10-12,16H,8-9H2,1-7H3. The van der Waals surface area contributed by atoms with Crippen LogP contribution < -0.4 is 5.32 Å². The van der Waals surface area contributed by atoms with E-state index < -0.39 is 0 Å². The first-order valence-electron chi connectivity index (χ1n) is 7.44. The molecule has 1 rings (SSSR count). The van der Waals surface area contributed by atoms with Gasteiger partial charge in [-0.15, -0.1) is 0 Å². The molecule has 1 N–H and O–H groups in total. The van der Waals surface area contributed by atoms with Crippen LogP contribution in [0.3, 0.4) is 0 Å². The smallest absolute Gasteiger partial charge is 0.231 e. The summed E-state index contributed by atoms with van der Waals surface area (Å²) in [4.78, 5) is 4.58. The molecule has 0 saturated heterocycles. The van der Waals surface area contributed by atoms with E-state index in [0.29, 0.717) is 17.8 Å². The molecule has 1 heterocycles. The molecule has 3 unspecified atom stereocenters. The molecule has 5 heteroatoms. The van der Waals surface area contributed by atoms with Crippen LogP contribution in [0.4, 0.5) is 0 Å². The number of ether oxygens (including phenoxy) is 1. The Labute approximate surface area is 122 Å². The van der Waals surface area contributed by atoms with Crippen molar-refractivity contribution in [3.8, 4) is 0 Å². The normalized spacial score (nSPS) is 16.9. The highest BCUT2D eigenvalue weighted by molar-refractivity contribution is 5.02. The third kappa shape index (κ3) is 4.03. The molecule has 0 aliphatic rings. The number of nitrogens with zero attached hydrogens (tertiary/aromatic N) is 2. The van der Waals surface area contributed by atoms with Crippen LogP contribution in [0.15, 0.2) is 4.52 Å². The number of likely N-dealkylation sites (N-methyl/N-ethyl adjacent to an activating group) is 1. The van der Waals surface area contributed by atoms with E-state index in [1.165, 1.54) is 0 Å². The minimum absolute atomic E-state index is 0.0646. The molecule has 0 aliphatic heterocycles. The Hall–Kier alpha value is -0.940. The van der Waals surface area contributed by atoms with Gasteiger partial charge in [0.1, 0.15) is 6.10 Å². The van der Waals surface area contributed by atoms with E-state index in [0.717, 1.165) is 13.0 Å². The van der Waals surface area contributed by atoms with Crippen LogP contribution >= 0.6 is 0 Å². The number of hydrogen-bond donors (Lipinski definition) is 1. The second-order valence-electron chi connectivity index (χ2n) is 6.33. The molecule has 1 aromatic heterocycles. The van der Waals surface area contributed by atoms with Gasteiger partial charge in [0, 0.05) is 13.2 Å². The number of aromatic nitrogens is 2. The Kier molecular flexibility index (Phi) is 6.14.